The van der Waals surface area contributed by atoms with Crippen molar-refractivity contribution < 1.29 is 4.79 Å². The average Bonchev–Trinajstić information content (AvgIpc) is 2.61. The summed E-state index contributed by atoms with van der Waals surface area (Å²) in [5, 5.41) is 3.08. The van der Waals surface area contributed by atoms with Gasteiger partial charge < -0.3 is 11.1 Å². The van der Waals surface area contributed by atoms with Gasteiger partial charge in [-0.3, -0.25) is 4.79 Å². The van der Waals surface area contributed by atoms with Crippen LogP contribution in [0.1, 0.15) is 19.8 Å². The first-order valence-electron chi connectivity index (χ1n) is 3.75. The van der Waals surface area contributed by atoms with Gasteiger partial charge in [-0.2, -0.15) is 0 Å². The first-order valence-corrected chi connectivity index (χ1v) is 3.75. The monoisotopic (exact) mass is 142 g/mol. The Morgan fingerprint density at radius 3 is 2.90 bits per heavy atom. The molecular weight excluding hydrogens is 128 g/mol. The fourth-order valence-electron chi connectivity index (χ4n) is 1.18. The van der Waals surface area contributed by atoms with E-state index in [1.54, 1.807) is 0 Å². The zero-order valence-electron chi connectivity index (χ0n) is 6.26. The second-order valence-electron chi connectivity index (χ2n) is 2.86. The minimum atomic E-state index is -0.262. The van der Waals surface area contributed by atoms with E-state index in [4.69, 9.17) is 5.73 Å². The Morgan fingerprint density at radius 2 is 2.50 bits per heavy atom. The van der Waals surface area contributed by atoms with Gasteiger partial charge in [0.1, 0.15) is 0 Å². The molecule has 0 aromatic carbocycles. The summed E-state index contributed by atoms with van der Waals surface area (Å²) in [6, 6.07) is 0.567. The summed E-state index contributed by atoms with van der Waals surface area (Å²) in [5.41, 5.74) is 4.95. The standard InChI is InChI=1S/C7H14N2O/c1-2-5-3-6(5)9-4-7(8)10/h5-6,9H,2-4H2,1H3,(H2,8,10). The highest BCUT2D eigenvalue weighted by Gasteiger charge is 2.34. The summed E-state index contributed by atoms with van der Waals surface area (Å²) >= 11 is 0. The normalized spacial score (nSPS) is 30.1. The summed E-state index contributed by atoms with van der Waals surface area (Å²) in [6.45, 7) is 2.50. The number of hydrogen-bond donors (Lipinski definition) is 2. The summed E-state index contributed by atoms with van der Waals surface area (Å²) in [6.07, 6.45) is 2.42. The predicted molar refractivity (Wildman–Crippen MR) is 39.4 cm³/mol. The Morgan fingerprint density at radius 1 is 1.80 bits per heavy atom. The molecule has 3 heteroatoms. The van der Waals surface area contributed by atoms with Crippen LogP contribution in [-0.2, 0) is 4.79 Å². The zero-order valence-corrected chi connectivity index (χ0v) is 6.26. The van der Waals surface area contributed by atoms with E-state index in [1.165, 1.54) is 12.8 Å². The lowest BCUT2D eigenvalue weighted by atomic mass is 10.3. The summed E-state index contributed by atoms with van der Waals surface area (Å²) in [7, 11) is 0. The highest BCUT2D eigenvalue weighted by atomic mass is 16.1. The molecule has 3 nitrogen and oxygen atoms in total. The molecule has 0 aliphatic heterocycles. The number of amides is 1. The summed E-state index contributed by atoms with van der Waals surface area (Å²) < 4.78 is 0. The Labute approximate surface area is 61.0 Å². The molecule has 1 rings (SSSR count). The van der Waals surface area contributed by atoms with Gasteiger partial charge in [-0.25, -0.2) is 0 Å². The van der Waals surface area contributed by atoms with Crippen LogP contribution >= 0.6 is 0 Å². The van der Waals surface area contributed by atoms with Gasteiger partial charge in [0.2, 0.25) is 5.91 Å². The van der Waals surface area contributed by atoms with Gasteiger partial charge in [-0.05, 0) is 12.3 Å². The SMILES string of the molecule is CCC1CC1NCC(N)=O. The van der Waals surface area contributed by atoms with Crippen molar-refractivity contribution in [1.82, 2.24) is 5.32 Å². The topological polar surface area (TPSA) is 55.1 Å². The summed E-state index contributed by atoms with van der Waals surface area (Å²) in [5.74, 6) is 0.529. The molecule has 1 amide bonds. The minimum absolute atomic E-state index is 0.262. The first kappa shape index (κ1) is 7.54. The molecule has 0 aromatic rings. The number of hydrogen-bond acceptors (Lipinski definition) is 2. The number of carbonyl (C=O) groups excluding carboxylic acids is 1. The molecule has 1 aliphatic rings. The van der Waals surface area contributed by atoms with Gasteiger partial charge in [-0.1, -0.05) is 13.3 Å². The minimum Gasteiger partial charge on any atom is -0.369 e. The molecule has 10 heavy (non-hydrogen) atoms. The maximum atomic E-state index is 10.3. The van der Waals surface area contributed by atoms with Crippen LogP contribution in [0.3, 0.4) is 0 Å². The van der Waals surface area contributed by atoms with Crippen molar-refractivity contribution in [1.29, 1.82) is 0 Å². The molecule has 0 saturated heterocycles. The molecular formula is C7H14N2O. The zero-order chi connectivity index (χ0) is 7.56. The van der Waals surface area contributed by atoms with Crippen molar-refractivity contribution in [3.05, 3.63) is 0 Å². The van der Waals surface area contributed by atoms with Gasteiger partial charge in [0, 0.05) is 6.04 Å². The number of rotatable bonds is 4. The Balaban J connectivity index is 2.01. The van der Waals surface area contributed by atoms with E-state index >= 15 is 0 Å². The van der Waals surface area contributed by atoms with E-state index in [-0.39, 0.29) is 5.91 Å². The van der Waals surface area contributed by atoms with E-state index in [1.807, 2.05) is 0 Å². The average molecular weight is 142 g/mol. The molecule has 0 radical (unpaired) electrons. The van der Waals surface area contributed by atoms with Crippen LogP contribution in [0, 0.1) is 5.92 Å². The molecule has 1 aliphatic carbocycles. The van der Waals surface area contributed by atoms with Crippen LogP contribution in [0.25, 0.3) is 0 Å². The van der Waals surface area contributed by atoms with Gasteiger partial charge in [0.05, 0.1) is 6.54 Å². The van der Waals surface area contributed by atoms with Crippen LogP contribution in [0.5, 0.6) is 0 Å². The molecule has 1 fully saturated rings. The van der Waals surface area contributed by atoms with Crippen molar-refractivity contribution in [3.8, 4) is 0 Å². The number of primary amides is 1. The highest BCUT2D eigenvalue weighted by molar-refractivity contribution is 5.75. The van der Waals surface area contributed by atoms with Crippen molar-refractivity contribution in [3.63, 3.8) is 0 Å². The van der Waals surface area contributed by atoms with Crippen molar-refractivity contribution in [2.24, 2.45) is 11.7 Å². The summed E-state index contributed by atoms with van der Waals surface area (Å²) in [4.78, 5) is 10.3. The van der Waals surface area contributed by atoms with Gasteiger partial charge in [0.25, 0.3) is 0 Å². The molecule has 0 aromatic heterocycles. The molecule has 3 N–H and O–H groups in total. The van der Waals surface area contributed by atoms with Crippen LogP contribution in [0.15, 0.2) is 0 Å². The van der Waals surface area contributed by atoms with E-state index in [0.717, 1.165) is 5.92 Å². The van der Waals surface area contributed by atoms with Crippen LogP contribution in [0.4, 0.5) is 0 Å². The maximum Gasteiger partial charge on any atom is 0.231 e. The van der Waals surface area contributed by atoms with Gasteiger partial charge in [0.15, 0.2) is 0 Å². The van der Waals surface area contributed by atoms with Crippen molar-refractivity contribution in [2.45, 2.75) is 25.8 Å². The number of nitrogens with two attached hydrogens (primary N) is 1. The molecule has 0 heterocycles. The second-order valence-corrected chi connectivity index (χ2v) is 2.86. The third-order valence-electron chi connectivity index (χ3n) is 1.99. The molecule has 2 unspecified atom stereocenters. The van der Waals surface area contributed by atoms with E-state index in [0.29, 0.717) is 12.6 Å². The second kappa shape index (κ2) is 3.01. The van der Waals surface area contributed by atoms with E-state index in [9.17, 15) is 4.79 Å². The highest BCUT2D eigenvalue weighted by Crippen LogP contribution is 2.32. The van der Waals surface area contributed by atoms with Crippen molar-refractivity contribution in [2.75, 3.05) is 6.54 Å². The van der Waals surface area contributed by atoms with Crippen molar-refractivity contribution >= 4 is 5.91 Å². The Bertz CT molecular complexity index is 136. The largest absolute Gasteiger partial charge is 0.369 e. The van der Waals surface area contributed by atoms with Gasteiger partial charge >= 0.3 is 0 Å². The lowest BCUT2D eigenvalue weighted by Gasteiger charge is -1.97. The van der Waals surface area contributed by atoms with Crippen LogP contribution in [0.2, 0.25) is 0 Å². The lowest BCUT2D eigenvalue weighted by molar-refractivity contribution is -0.117. The number of nitrogens with one attached hydrogen (secondary N) is 1. The Hall–Kier alpha value is -0.570. The molecule has 1 saturated carbocycles. The van der Waals surface area contributed by atoms with E-state index in [2.05, 4.69) is 12.2 Å². The third kappa shape index (κ3) is 1.99. The van der Waals surface area contributed by atoms with Crippen LogP contribution in [-0.4, -0.2) is 18.5 Å². The molecule has 0 bridgehead atoms. The predicted octanol–water partition coefficient (Wildman–Crippen LogP) is -0.140. The molecule has 0 spiro atoms. The lowest BCUT2D eigenvalue weighted by Crippen LogP contribution is -2.30. The number of carbonyl (C=O) groups is 1. The Kier molecular flexibility index (Phi) is 2.27. The third-order valence-corrected chi connectivity index (χ3v) is 1.99. The van der Waals surface area contributed by atoms with Crippen LogP contribution < -0.4 is 11.1 Å². The molecule has 2 atom stereocenters. The molecule has 58 valence electrons. The van der Waals surface area contributed by atoms with Gasteiger partial charge in [-0.15, -0.1) is 0 Å². The first-order chi connectivity index (χ1) is 4.74. The fourth-order valence-corrected chi connectivity index (χ4v) is 1.18. The maximum absolute atomic E-state index is 10.3. The fraction of sp³-hybridized carbons (Fsp3) is 0.857. The quantitative estimate of drug-likeness (QED) is 0.574. The smallest absolute Gasteiger partial charge is 0.231 e. The van der Waals surface area contributed by atoms with E-state index < -0.39 is 0 Å².